The van der Waals surface area contributed by atoms with Gasteiger partial charge in [0, 0.05) is 12.2 Å². The van der Waals surface area contributed by atoms with Gasteiger partial charge in [-0.1, -0.05) is 42.5 Å². The van der Waals surface area contributed by atoms with Gasteiger partial charge in [-0.3, -0.25) is 19.1 Å². The Labute approximate surface area is 208 Å². The monoisotopic (exact) mass is 482 g/mol. The molecule has 0 radical (unpaired) electrons. The Hall–Kier alpha value is -4.46. The number of hydrogen-bond acceptors (Lipinski definition) is 5. The molecule has 0 spiro atoms. The number of carbonyl (C=O) groups is 3. The summed E-state index contributed by atoms with van der Waals surface area (Å²) in [4.78, 5) is 44.7. The molecule has 0 bridgehead atoms. The minimum absolute atomic E-state index is 0.0341. The quantitative estimate of drug-likeness (QED) is 0.377. The van der Waals surface area contributed by atoms with Crippen molar-refractivity contribution in [3.63, 3.8) is 0 Å². The minimum atomic E-state index is -0.693. The van der Waals surface area contributed by atoms with Gasteiger partial charge >= 0.3 is 5.97 Å². The van der Waals surface area contributed by atoms with Crippen molar-refractivity contribution in [2.45, 2.75) is 25.8 Å². The summed E-state index contributed by atoms with van der Waals surface area (Å²) < 4.78 is 6.86. The molecule has 2 amide bonds. The van der Waals surface area contributed by atoms with Crippen molar-refractivity contribution in [3.8, 4) is 0 Å². The second kappa shape index (κ2) is 10.0. The number of anilines is 2. The molecule has 1 atom stereocenters. The van der Waals surface area contributed by atoms with E-state index >= 15 is 0 Å². The molecule has 36 heavy (non-hydrogen) atoms. The molecule has 2 heterocycles. The van der Waals surface area contributed by atoms with Crippen LogP contribution in [0.25, 0.3) is 11.0 Å². The van der Waals surface area contributed by atoms with Crippen LogP contribution in [0.3, 0.4) is 0 Å². The molecule has 3 aromatic carbocycles. The highest BCUT2D eigenvalue weighted by Gasteiger charge is 2.40. The molecule has 8 nitrogen and oxygen atoms in total. The van der Waals surface area contributed by atoms with Crippen LogP contribution in [-0.4, -0.2) is 40.5 Å². The fraction of sp³-hybridized carbons (Fsp3) is 0.214. The van der Waals surface area contributed by atoms with Crippen LogP contribution in [-0.2, 0) is 20.7 Å². The lowest BCUT2D eigenvalue weighted by Gasteiger charge is -2.16. The van der Waals surface area contributed by atoms with Crippen LogP contribution in [0, 0.1) is 0 Å². The normalized spacial score (nSPS) is 14.6. The van der Waals surface area contributed by atoms with Crippen molar-refractivity contribution in [3.05, 3.63) is 90.0 Å². The summed E-state index contributed by atoms with van der Waals surface area (Å²) in [7, 11) is 0. The highest BCUT2D eigenvalue weighted by Crippen LogP contribution is 2.36. The van der Waals surface area contributed by atoms with E-state index in [2.05, 4.69) is 5.32 Å². The summed E-state index contributed by atoms with van der Waals surface area (Å²) in [6.45, 7) is 2.51. The zero-order valence-corrected chi connectivity index (χ0v) is 19.9. The van der Waals surface area contributed by atoms with Crippen molar-refractivity contribution >= 4 is 40.5 Å². The van der Waals surface area contributed by atoms with Gasteiger partial charge in [0.1, 0.15) is 6.04 Å². The maximum absolute atomic E-state index is 13.5. The molecule has 1 aromatic heterocycles. The first-order valence-corrected chi connectivity index (χ1v) is 11.9. The number of esters is 1. The molecule has 1 N–H and O–H groups in total. The third-order valence-electron chi connectivity index (χ3n) is 6.21. The third kappa shape index (κ3) is 4.57. The number of fused-ring (bicyclic) bond motifs is 3. The molecule has 8 heteroatoms. The van der Waals surface area contributed by atoms with Crippen LogP contribution in [0.15, 0.2) is 78.9 Å². The maximum atomic E-state index is 13.5. The Morgan fingerprint density at radius 3 is 2.44 bits per heavy atom. The summed E-state index contributed by atoms with van der Waals surface area (Å²) >= 11 is 0. The first-order valence-electron chi connectivity index (χ1n) is 11.9. The lowest BCUT2D eigenvalue weighted by molar-refractivity contribution is -0.124. The molecule has 182 valence electrons. The molecule has 0 unspecified atom stereocenters. The molecule has 0 saturated heterocycles. The fourth-order valence-corrected chi connectivity index (χ4v) is 4.48. The van der Waals surface area contributed by atoms with Crippen LogP contribution in [0.2, 0.25) is 0 Å². The molecule has 0 saturated carbocycles. The molecule has 0 fully saturated rings. The number of hydrogen-bond donors (Lipinski definition) is 1. The third-order valence-corrected chi connectivity index (χ3v) is 6.21. The number of benzene rings is 3. The van der Waals surface area contributed by atoms with Gasteiger partial charge in [-0.05, 0) is 55.3 Å². The summed E-state index contributed by atoms with van der Waals surface area (Å²) in [5.74, 6) is -0.298. The molecule has 4 aromatic rings. The Balaban J connectivity index is 1.35. The number of rotatable bonds is 8. The molecule has 0 aliphatic carbocycles. The SMILES string of the molecule is CCOC(=O)c1ccc(NC(=O)C[C@H]2C(=O)N(CCc3ccccc3)c3nc4ccccc4n32)cc1. The largest absolute Gasteiger partial charge is 0.462 e. The first kappa shape index (κ1) is 23.3. The molecule has 1 aliphatic rings. The van der Waals surface area contributed by atoms with Crippen molar-refractivity contribution in [2.24, 2.45) is 0 Å². The molecular formula is C28H26N4O4. The van der Waals surface area contributed by atoms with Gasteiger partial charge in [0.2, 0.25) is 11.9 Å². The average molecular weight is 483 g/mol. The topological polar surface area (TPSA) is 93.5 Å². The zero-order valence-electron chi connectivity index (χ0n) is 19.9. The maximum Gasteiger partial charge on any atom is 0.338 e. The van der Waals surface area contributed by atoms with Crippen molar-refractivity contribution in [2.75, 3.05) is 23.4 Å². The summed E-state index contributed by atoms with van der Waals surface area (Å²) in [5.41, 5.74) is 3.67. The van der Waals surface area contributed by atoms with E-state index in [1.807, 2.05) is 59.2 Å². The number of aromatic nitrogens is 2. The van der Waals surface area contributed by atoms with Crippen LogP contribution in [0.1, 0.15) is 35.3 Å². The van der Waals surface area contributed by atoms with Crippen LogP contribution in [0.4, 0.5) is 11.6 Å². The van der Waals surface area contributed by atoms with E-state index in [1.54, 1.807) is 36.1 Å². The Morgan fingerprint density at radius 1 is 0.972 bits per heavy atom. The lowest BCUT2D eigenvalue weighted by Crippen LogP contribution is -2.33. The van der Waals surface area contributed by atoms with Crippen LogP contribution < -0.4 is 10.2 Å². The Kier molecular flexibility index (Phi) is 6.49. The van der Waals surface area contributed by atoms with Crippen LogP contribution in [0.5, 0.6) is 0 Å². The van der Waals surface area contributed by atoms with Gasteiger partial charge < -0.3 is 10.1 Å². The van der Waals surface area contributed by atoms with E-state index in [1.165, 1.54) is 0 Å². The van der Waals surface area contributed by atoms with E-state index in [0.29, 0.717) is 36.8 Å². The molecule has 1 aliphatic heterocycles. The highest BCUT2D eigenvalue weighted by molar-refractivity contribution is 6.05. The molecule has 5 rings (SSSR count). The second-order valence-corrected chi connectivity index (χ2v) is 8.56. The number of carbonyl (C=O) groups excluding carboxylic acids is 3. The van der Waals surface area contributed by atoms with Crippen molar-refractivity contribution < 1.29 is 19.1 Å². The smallest absolute Gasteiger partial charge is 0.338 e. The van der Waals surface area contributed by atoms with Gasteiger partial charge in [-0.25, -0.2) is 9.78 Å². The second-order valence-electron chi connectivity index (χ2n) is 8.56. The fourth-order valence-electron chi connectivity index (χ4n) is 4.48. The van der Waals surface area contributed by atoms with E-state index < -0.39 is 12.0 Å². The number of ether oxygens (including phenoxy) is 1. The predicted molar refractivity (Wildman–Crippen MR) is 137 cm³/mol. The summed E-state index contributed by atoms with van der Waals surface area (Å²) in [6.07, 6.45) is 0.648. The number of nitrogens with one attached hydrogen (secondary N) is 1. The molecular weight excluding hydrogens is 456 g/mol. The van der Waals surface area contributed by atoms with Crippen LogP contribution >= 0.6 is 0 Å². The van der Waals surface area contributed by atoms with Crippen molar-refractivity contribution in [1.82, 2.24) is 9.55 Å². The summed E-state index contributed by atoms with van der Waals surface area (Å²) in [5, 5.41) is 2.84. The van der Waals surface area contributed by atoms with Gasteiger partial charge in [-0.2, -0.15) is 0 Å². The van der Waals surface area contributed by atoms with Gasteiger partial charge in [0.15, 0.2) is 0 Å². The number of para-hydroxylation sites is 2. The predicted octanol–water partition coefficient (Wildman–Crippen LogP) is 4.37. The Bertz CT molecular complexity index is 1410. The van der Waals surface area contributed by atoms with Gasteiger partial charge in [-0.15, -0.1) is 0 Å². The first-order chi connectivity index (χ1) is 17.5. The summed E-state index contributed by atoms with van der Waals surface area (Å²) in [6, 6.07) is 23.4. The van der Waals surface area contributed by atoms with E-state index in [0.717, 1.165) is 16.6 Å². The number of amides is 2. The minimum Gasteiger partial charge on any atom is -0.462 e. The van der Waals surface area contributed by atoms with Gasteiger partial charge in [0.25, 0.3) is 5.91 Å². The Morgan fingerprint density at radius 2 is 1.69 bits per heavy atom. The number of nitrogens with zero attached hydrogens (tertiary/aromatic N) is 3. The average Bonchev–Trinajstić information content (AvgIpc) is 3.38. The van der Waals surface area contributed by atoms with E-state index in [9.17, 15) is 14.4 Å². The lowest BCUT2D eigenvalue weighted by atomic mass is 10.1. The van der Waals surface area contributed by atoms with E-state index in [4.69, 9.17) is 9.72 Å². The standard InChI is InChI=1S/C28H26N4O4/c1-2-36-27(35)20-12-14-21(15-13-20)29-25(33)18-24-26(34)31(17-16-19-8-4-3-5-9-19)28-30-22-10-6-7-11-23(22)32(24)28/h3-15,24H,2,16-18H2,1H3,(H,29,33)/t24-/m0/s1. The van der Waals surface area contributed by atoms with Gasteiger partial charge in [0.05, 0.1) is 29.6 Å². The highest BCUT2D eigenvalue weighted by atomic mass is 16.5. The van der Waals surface area contributed by atoms with E-state index in [-0.39, 0.29) is 18.2 Å². The number of imidazole rings is 1. The zero-order chi connectivity index (χ0) is 25.1. The van der Waals surface area contributed by atoms with Crippen molar-refractivity contribution in [1.29, 1.82) is 0 Å².